The molecule has 0 radical (unpaired) electrons. The number of aryl methyl sites for hydroxylation is 1. The first-order chi connectivity index (χ1) is 15.0. The minimum Gasteiger partial charge on any atom is -0.381 e. The summed E-state index contributed by atoms with van der Waals surface area (Å²) in [6, 6.07) is 4.57. The third-order valence-electron chi connectivity index (χ3n) is 5.51. The lowest BCUT2D eigenvalue weighted by molar-refractivity contribution is -0.108. The third kappa shape index (κ3) is 4.02. The summed E-state index contributed by atoms with van der Waals surface area (Å²) in [5.74, 6) is -3.47. The number of fused-ring (bicyclic) bond motifs is 1. The van der Waals surface area contributed by atoms with E-state index in [0.717, 1.165) is 5.56 Å². The van der Waals surface area contributed by atoms with E-state index in [2.05, 4.69) is 20.0 Å². The first-order valence-corrected chi connectivity index (χ1v) is 11.3. The van der Waals surface area contributed by atoms with E-state index in [4.69, 9.17) is 5.73 Å². The monoisotopic (exact) mass is 464 g/mol. The van der Waals surface area contributed by atoms with E-state index in [1.807, 2.05) is 0 Å². The number of alkyl halides is 2. The highest BCUT2D eigenvalue weighted by Crippen LogP contribution is 2.42. The molecular weight excluding hydrogens is 442 g/mol. The standard InChI is InChI=1S/C20H22F2N6O3S/c1-11-3-4-13(32(30,31)26-8-12-6-20(21,22)7-12)5-14(11)16-9-25-18-17(23)27-15(10-28(16)18)19(29)24-2/h3-5,9-10,12,26H,6-8H2,1-2H3,(H2,23,27)(H,24,29). The van der Waals surface area contributed by atoms with Gasteiger partial charge in [-0.2, -0.15) is 0 Å². The molecule has 0 saturated heterocycles. The number of hydrogen-bond donors (Lipinski definition) is 3. The number of nitrogen functional groups attached to an aromatic ring is 1. The molecule has 32 heavy (non-hydrogen) atoms. The van der Waals surface area contributed by atoms with Gasteiger partial charge in [-0.25, -0.2) is 31.9 Å². The zero-order valence-electron chi connectivity index (χ0n) is 17.4. The van der Waals surface area contributed by atoms with Crippen LogP contribution in [0.4, 0.5) is 14.6 Å². The third-order valence-corrected chi connectivity index (χ3v) is 6.93. The first-order valence-electron chi connectivity index (χ1n) is 9.85. The highest BCUT2D eigenvalue weighted by Gasteiger charge is 2.45. The maximum atomic E-state index is 13.0. The van der Waals surface area contributed by atoms with Crippen molar-refractivity contribution >= 4 is 27.4 Å². The van der Waals surface area contributed by atoms with Crippen molar-refractivity contribution in [1.82, 2.24) is 24.4 Å². The van der Waals surface area contributed by atoms with Crippen LogP contribution in [-0.4, -0.2) is 48.2 Å². The van der Waals surface area contributed by atoms with E-state index >= 15 is 0 Å². The number of hydrogen-bond acceptors (Lipinski definition) is 6. The molecule has 9 nitrogen and oxygen atoms in total. The summed E-state index contributed by atoms with van der Waals surface area (Å²) in [4.78, 5) is 20.3. The molecule has 1 saturated carbocycles. The predicted molar refractivity (Wildman–Crippen MR) is 114 cm³/mol. The van der Waals surface area contributed by atoms with Gasteiger partial charge in [-0.3, -0.25) is 9.20 Å². The molecule has 0 atom stereocenters. The molecule has 12 heteroatoms. The van der Waals surface area contributed by atoms with Crippen LogP contribution in [0, 0.1) is 12.8 Å². The number of anilines is 1. The van der Waals surface area contributed by atoms with Crippen molar-refractivity contribution in [2.45, 2.75) is 30.6 Å². The lowest BCUT2D eigenvalue weighted by Crippen LogP contribution is -2.42. The second kappa shape index (κ2) is 7.78. The van der Waals surface area contributed by atoms with E-state index in [0.29, 0.717) is 16.9 Å². The topological polar surface area (TPSA) is 131 Å². The molecule has 1 aliphatic carbocycles. The number of nitrogens with two attached hydrogens (primary N) is 1. The zero-order valence-corrected chi connectivity index (χ0v) is 18.2. The minimum absolute atomic E-state index is 0.00677. The van der Waals surface area contributed by atoms with Crippen molar-refractivity contribution in [1.29, 1.82) is 0 Å². The number of nitrogens with one attached hydrogen (secondary N) is 2. The Morgan fingerprint density at radius 1 is 1.34 bits per heavy atom. The van der Waals surface area contributed by atoms with Gasteiger partial charge in [-0.05, 0) is 30.5 Å². The number of carbonyl (C=O) groups is 1. The van der Waals surface area contributed by atoms with Gasteiger partial charge < -0.3 is 11.1 Å². The number of nitrogens with zero attached hydrogens (tertiary/aromatic N) is 3. The number of amides is 1. The summed E-state index contributed by atoms with van der Waals surface area (Å²) in [5.41, 5.74) is 8.20. The molecule has 0 spiro atoms. The number of benzene rings is 1. The van der Waals surface area contributed by atoms with Crippen LogP contribution < -0.4 is 15.8 Å². The number of aromatic nitrogens is 3. The second-order valence-electron chi connectivity index (χ2n) is 7.89. The van der Waals surface area contributed by atoms with Crippen LogP contribution in [0.1, 0.15) is 28.9 Å². The van der Waals surface area contributed by atoms with Crippen molar-refractivity contribution in [3.05, 3.63) is 41.9 Å². The Labute approximate surface area is 183 Å². The maximum absolute atomic E-state index is 13.0. The number of imidazole rings is 1. The van der Waals surface area contributed by atoms with Crippen LogP contribution in [0.5, 0.6) is 0 Å². The Hall–Kier alpha value is -3.12. The fourth-order valence-corrected chi connectivity index (χ4v) is 4.88. The van der Waals surface area contributed by atoms with Crippen molar-refractivity contribution < 1.29 is 22.0 Å². The highest BCUT2D eigenvalue weighted by atomic mass is 32.2. The summed E-state index contributed by atoms with van der Waals surface area (Å²) < 4.78 is 55.6. The SMILES string of the molecule is CNC(=O)c1cn2c(-c3cc(S(=O)(=O)NCC4CC(F)(F)C4)ccc3C)cnc2c(N)n1. The van der Waals surface area contributed by atoms with Crippen molar-refractivity contribution in [2.24, 2.45) is 5.92 Å². The van der Waals surface area contributed by atoms with E-state index in [1.165, 1.54) is 31.6 Å². The van der Waals surface area contributed by atoms with Crippen LogP contribution in [0.3, 0.4) is 0 Å². The van der Waals surface area contributed by atoms with Gasteiger partial charge in [-0.1, -0.05) is 6.07 Å². The van der Waals surface area contributed by atoms with E-state index in [1.54, 1.807) is 17.4 Å². The molecule has 1 fully saturated rings. The Kier molecular flexibility index (Phi) is 5.37. The van der Waals surface area contributed by atoms with Gasteiger partial charge in [0.15, 0.2) is 11.5 Å². The lowest BCUT2D eigenvalue weighted by Gasteiger charge is -2.34. The van der Waals surface area contributed by atoms with Gasteiger partial charge in [0.2, 0.25) is 15.9 Å². The number of sulfonamides is 1. The Balaban J connectivity index is 1.69. The average molecular weight is 464 g/mol. The summed E-state index contributed by atoms with van der Waals surface area (Å²) in [5, 5.41) is 2.48. The normalized spacial score (nSPS) is 16.1. The Bertz CT molecular complexity index is 1310. The molecule has 0 aliphatic heterocycles. The first kappa shape index (κ1) is 22.1. The molecule has 1 amide bonds. The zero-order chi connectivity index (χ0) is 23.3. The molecule has 3 aromatic rings. The predicted octanol–water partition coefficient (Wildman–Crippen LogP) is 1.97. The van der Waals surface area contributed by atoms with Crippen molar-refractivity contribution in [3.8, 4) is 11.3 Å². The van der Waals surface area contributed by atoms with Gasteiger partial charge in [-0.15, -0.1) is 0 Å². The molecule has 4 rings (SSSR count). The second-order valence-corrected chi connectivity index (χ2v) is 9.65. The maximum Gasteiger partial charge on any atom is 0.271 e. The number of rotatable bonds is 6. The molecule has 4 N–H and O–H groups in total. The van der Waals surface area contributed by atoms with Gasteiger partial charge >= 0.3 is 0 Å². The number of carbonyl (C=O) groups excluding carboxylic acids is 1. The van der Waals surface area contributed by atoms with E-state index < -0.39 is 21.9 Å². The summed E-state index contributed by atoms with van der Waals surface area (Å²) in [6.45, 7) is 1.76. The average Bonchev–Trinajstić information content (AvgIpc) is 3.14. The van der Waals surface area contributed by atoms with Gasteiger partial charge in [0.1, 0.15) is 5.69 Å². The lowest BCUT2D eigenvalue weighted by atomic mass is 9.82. The Morgan fingerprint density at radius 3 is 2.72 bits per heavy atom. The fraction of sp³-hybridized carbons (Fsp3) is 0.350. The Morgan fingerprint density at radius 2 is 2.06 bits per heavy atom. The number of halogens is 2. The van der Waals surface area contributed by atoms with Gasteiger partial charge in [0, 0.05) is 38.2 Å². The van der Waals surface area contributed by atoms with Gasteiger partial charge in [0.25, 0.3) is 5.91 Å². The molecule has 1 aromatic carbocycles. The van der Waals surface area contributed by atoms with Crippen molar-refractivity contribution in [2.75, 3.05) is 19.3 Å². The van der Waals surface area contributed by atoms with E-state index in [-0.39, 0.29) is 41.7 Å². The highest BCUT2D eigenvalue weighted by molar-refractivity contribution is 7.89. The largest absolute Gasteiger partial charge is 0.381 e. The smallest absolute Gasteiger partial charge is 0.271 e. The quantitative estimate of drug-likeness (QED) is 0.511. The molecule has 0 bridgehead atoms. The van der Waals surface area contributed by atoms with Crippen LogP contribution in [0.25, 0.3) is 16.9 Å². The van der Waals surface area contributed by atoms with Crippen LogP contribution >= 0.6 is 0 Å². The van der Waals surface area contributed by atoms with Crippen LogP contribution in [-0.2, 0) is 10.0 Å². The molecule has 0 unspecified atom stereocenters. The molecule has 2 heterocycles. The van der Waals surface area contributed by atoms with E-state index in [9.17, 15) is 22.0 Å². The summed E-state index contributed by atoms with van der Waals surface area (Å²) in [7, 11) is -2.44. The van der Waals surface area contributed by atoms with Crippen molar-refractivity contribution in [3.63, 3.8) is 0 Å². The fourth-order valence-electron chi connectivity index (χ4n) is 3.73. The minimum atomic E-state index is -3.91. The molecule has 1 aliphatic rings. The molecular formula is C20H22F2N6O3S. The van der Waals surface area contributed by atoms with Crippen LogP contribution in [0.2, 0.25) is 0 Å². The molecule has 2 aromatic heterocycles. The molecule has 170 valence electrons. The van der Waals surface area contributed by atoms with Gasteiger partial charge in [0.05, 0.1) is 16.8 Å². The summed E-state index contributed by atoms with van der Waals surface area (Å²) >= 11 is 0. The summed E-state index contributed by atoms with van der Waals surface area (Å²) in [6.07, 6.45) is 2.35. The van der Waals surface area contributed by atoms with Crippen LogP contribution in [0.15, 0.2) is 35.5 Å².